The van der Waals surface area contributed by atoms with Crippen molar-refractivity contribution in [2.75, 3.05) is 6.54 Å². The van der Waals surface area contributed by atoms with E-state index in [0.29, 0.717) is 6.04 Å². The summed E-state index contributed by atoms with van der Waals surface area (Å²) in [4.78, 5) is 2.32. The van der Waals surface area contributed by atoms with Crippen LogP contribution in [0.5, 0.6) is 0 Å². The minimum absolute atomic E-state index is 0.329. The summed E-state index contributed by atoms with van der Waals surface area (Å²) >= 11 is 8.12. The van der Waals surface area contributed by atoms with Crippen LogP contribution in [-0.4, -0.2) is 6.54 Å². The minimum atomic E-state index is 0.329. The maximum absolute atomic E-state index is 6.41. The molecule has 3 heteroatoms. The number of hydrogen-bond donors (Lipinski definition) is 1. The third-order valence-electron chi connectivity index (χ3n) is 3.18. The summed E-state index contributed by atoms with van der Waals surface area (Å²) in [7, 11) is 0. The molecule has 2 rings (SSSR count). The largest absolute Gasteiger partial charge is 0.310 e. The molecule has 1 N–H and O–H groups in total. The van der Waals surface area contributed by atoms with E-state index in [2.05, 4.69) is 68.6 Å². The Morgan fingerprint density at radius 3 is 2.65 bits per heavy atom. The normalized spacial score (nSPS) is 12.4. The van der Waals surface area contributed by atoms with Crippen molar-refractivity contribution in [1.29, 1.82) is 0 Å². The van der Waals surface area contributed by atoms with Crippen LogP contribution in [-0.2, 0) is 0 Å². The standard InChI is InChI=1S/C17H20ClNS/c1-4-19-13(3)14-8-9-17(16(18)11-14)20-15-7-5-6-12(2)10-15/h5-11,13,19H,4H2,1-3H3. The lowest BCUT2D eigenvalue weighted by Crippen LogP contribution is -2.17. The Balaban J connectivity index is 2.17. The van der Waals surface area contributed by atoms with Crippen LogP contribution in [0.2, 0.25) is 5.02 Å². The van der Waals surface area contributed by atoms with Crippen molar-refractivity contribution in [1.82, 2.24) is 5.32 Å². The molecule has 106 valence electrons. The molecule has 1 unspecified atom stereocenters. The minimum Gasteiger partial charge on any atom is -0.310 e. The Bertz CT molecular complexity index is 583. The van der Waals surface area contributed by atoms with E-state index < -0.39 is 0 Å². The maximum atomic E-state index is 6.41. The summed E-state index contributed by atoms with van der Waals surface area (Å²) in [5.74, 6) is 0. The van der Waals surface area contributed by atoms with Crippen LogP contribution >= 0.6 is 23.4 Å². The summed E-state index contributed by atoms with van der Waals surface area (Å²) in [6.45, 7) is 7.33. The van der Waals surface area contributed by atoms with Gasteiger partial charge in [0.05, 0.1) is 5.02 Å². The van der Waals surface area contributed by atoms with Gasteiger partial charge in [-0.15, -0.1) is 0 Å². The molecule has 0 amide bonds. The van der Waals surface area contributed by atoms with Crippen LogP contribution in [0, 0.1) is 6.92 Å². The third-order valence-corrected chi connectivity index (χ3v) is 4.67. The molecule has 0 bridgehead atoms. The Kier molecular flexibility index (Phi) is 5.53. The topological polar surface area (TPSA) is 12.0 Å². The zero-order valence-electron chi connectivity index (χ0n) is 12.1. The van der Waals surface area contributed by atoms with Gasteiger partial charge >= 0.3 is 0 Å². The predicted octanol–water partition coefficient (Wildman–Crippen LogP) is 5.47. The van der Waals surface area contributed by atoms with Crippen molar-refractivity contribution in [3.63, 3.8) is 0 Å². The second-order valence-corrected chi connectivity index (χ2v) is 6.41. The molecule has 0 aliphatic heterocycles. The Morgan fingerprint density at radius 1 is 1.20 bits per heavy atom. The predicted molar refractivity (Wildman–Crippen MR) is 88.8 cm³/mol. The summed E-state index contributed by atoms with van der Waals surface area (Å²) in [6.07, 6.45) is 0. The van der Waals surface area contributed by atoms with E-state index >= 15 is 0 Å². The van der Waals surface area contributed by atoms with Crippen LogP contribution in [0.3, 0.4) is 0 Å². The number of hydrogen-bond acceptors (Lipinski definition) is 2. The molecule has 0 spiro atoms. The first-order valence-corrected chi connectivity index (χ1v) is 8.07. The van der Waals surface area contributed by atoms with E-state index in [1.807, 2.05) is 0 Å². The van der Waals surface area contributed by atoms with E-state index in [-0.39, 0.29) is 0 Å². The summed E-state index contributed by atoms with van der Waals surface area (Å²) in [5, 5.41) is 4.22. The average Bonchev–Trinajstić information content (AvgIpc) is 2.41. The molecule has 0 heterocycles. The van der Waals surface area contributed by atoms with Gasteiger partial charge in [0.25, 0.3) is 0 Å². The highest BCUT2D eigenvalue weighted by atomic mass is 35.5. The fourth-order valence-corrected chi connectivity index (χ4v) is 3.34. The van der Waals surface area contributed by atoms with E-state index in [9.17, 15) is 0 Å². The highest BCUT2D eigenvalue weighted by Gasteiger charge is 2.08. The van der Waals surface area contributed by atoms with Gasteiger partial charge in [0, 0.05) is 15.8 Å². The molecule has 1 atom stereocenters. The van der Waals surface area contributed by atoms with Crippen LogP contribution < -0.4 is 5.32 Å². The van der Waals surface area contributed by atoms with Gasteiger partial charge in [-0.2, -0.15) is 0 Å². The first-order valence-electron chi connectivity index (χ1n) is 6.87. The fourth-order valence-electron chi connectivity index (χ4n) is 2.10. The van der Waals surface area contributed by atoms with E-state index in [4.69, 9.17) is 11.6 Å². The molecule has 0 aromatic heterocycles. The molecular formula is C17H20ClNS. The molecule has 0 radical (unpaired) electrons. The number of rotatable bonds is 5. The molecule has 2 aromatic rings. The van der Waals surface area contributed by atoms with Crippen LogP contribution in [0.25, 0.3) is 0 Å². The van der Waals surface area contributed by atoms with Gasteiger partial charge in [0.15, 0.2) is 0 Å². The van der Waals surface area contributed by atoms with Crippen LogP contribution in [0.15, 0.2) is 52.3 Å². The molecule has 20 heavy (non-hydrogen) atoms. The number of benzene rings is 2. The zero-order chi connectivity index (χ0) is 14.5. The fraction of sp³-hybridized carbons (Fsp3) is 0.294. The van der Waals surface area contributed by atoms with E-state index in [0.717, 1.165) is 16.5 Å². The first-order chi connectivity index (χ1) is 9.60. The maximum Gasteiger partial charge on any atom is 0.0548 e. The van der Waals surface area contributed by atoms with Crippen LogP contribution in [0.4, 0.5) is 0 Å². The van der Waals surface area contributed by atoms with Gasteiger partial charge in [0.1, 0.15) is 0 Å². The summed E-state index contributed by atoms with van der Waals surface area (Å²) < 4.78 is 0. The van der Waals surface area contributed by atoms with E-state index in [1.54, 1.807) is 11.8 Å². The lowest BCUT2D eigenvalue weighted by molar-refractivity contribution is 0.598. The lowest BCUT2D eigenvalue weighted by atomic mass is 10.1. The Hall–Kier alpha value is -0.960. The Labute approximate surface area is 130 Å². The van der Waals surface area contributed by atoms with Gasteiger partial charge in [-0.05, 0) is 50.2 Å². The smallest absolute Gasteiger partial charge is 0.0548 e. The second-order valence-electron chi connectivity index (χ2n) is 4.89. The van der Waals surface area contributed by atoms with Crippen molar-refractivity contribution in [2.45, 2.75) is 36.6 Å². The monoisotopic (exact) mass is 305 g/mol. The molecule has 2 aromatic carbocycles. The van der Waals surface area contributed by atoms with Gasteiger partial charge in [-0.1, -0.05) is 54.0 Å². The number of halogens is 1. The van der Waals surface area contributed by atoms with Gasteiger partial charge in [-0.3, -0.25) is 0 Å². The van der Waals surface area contributed by atoms with Gasteiger partial charge < -0.3 is 5.32 Å². The highest BCUT2D eigenvalue weighted by molar-refractivity contribution is 7.99. The van der Waals surface area contributed by atoms with Crippen molar-refractivity contribution in [3.8, 4) is 0 Å². The number of nitrogens with one attached hydrogen (secondary N) is 1. The molecule has 0 fully saturated rings. The molecule has 0 saturated carbocycles. The molecule has 0 saturated heterocycles. The summed E-state index contributed by atoms with van der Waals surface area (Å²) in [6, 6.07) is 15.1. The molecule has 0 aliphatic carbocycles. The van der Waals surface area contributed by atoms with E-state index in [1.165, 1.54) is 16.0 Å². The molecule has 0 aliphatic rings. The SMILES string of the molecule is CCNC(C)c1ccc(Sc2cccc(C)c2)c(Cl)c1. The zero-order valence-corrected chi connectivity index (χ0v) is 13.7. The van der Waals surface area contributed by atoms with Crippen molar-refractivity contribution < 1.29 is 0 Å². The lowest BCUT2D eigenvalue weighted by Gasteiger charge is -2.14. The third kappa shape index (κ3) is 4.02. The van der Waals surface area contributed by atoms with Crippen molar-refractivity contribution in [2.24, 2.45) is 0 Å². The van der Waals surface area contributed by atoms with Crippen molar-refractivity contribution in [3.05, 3.63) is 58.6 Å². The highest BCUT2D eigenvalue weighted by Crippen LogP contribution is 2.35. The van der Waals surface area contributed by atoms with Crippen molar-refractivity contribution >= 4 is 23.4 Å². The summed E-state index contributed by atoms with van der Waals surface area (Å²) in [5.41, 5.74) is 2.49. The average molecular weight is 306 g/mol. The van der Waals surface area contributed by atoms with Crippen LogP contribution in [0.1, 0.15) is 31.0 Å². The Morgan fingerprint density at radius 2 is 2.00 bits per heavy atom. The van der Waals surface area contributed by atoms with Gasteiger partial charge in [-0.25, -0.2) is 0 Å². The molecule has 1 nitrogen and oxygen atoms in total. The molecular weight excluding hydrogens is 286 g/mol. The second kappa shape index (κ2) is 7.16. The first kappa shape index (κ1) is 15.4. The quantitative estimate of drug-likeness (QED) is 0.786. The van der Waals surface area contributed by atoms with Gasteiger partial charge in [0.2, 0.25) is 0 Å². The number of aryl methyl sites for hydroxylation is 1.